The Morgan fingerprint density at radius 1 is 0.894 bits per heavy atom. The van der Waals surface area contributed by atoms with Crippen LogP contribution < -0.4 is 26.2 Å². The highest BCUT2D eigenvalue weighted by Crippen LogP contribution is 2.29. The molecule has 0 aliphatic carbocycles. The van der Waals surface area contributed by atoms with Crippen molar-refractivity contribution in [1.29, 1.82) is 5.41 Å². The molecule has 0 radical (unpaired) electrons. The number of aromatic nitrogens is 3. The van der Waals surface area contributed by atoms with E-state index < -0.39 is 0 Å². The Bertz CT molecular complexity index is 1630. The Kier molecular flexibility index (Phi) is 14.8. The van der Waals surface area contributed by atoms with Crippen molar-refractivity contribution in [2.24, 2.45) is 12.8 Å². The molecule has 0 spiro atoms. The normalized spacial score (nSPS) is 10.8. The van der Waals surface area contributed by atoms with E-state index >= 15 is 0 Å². The summed E-state index contributed by atoms with van der Waals surface area (Å²) in [6.07, 6.45) is 2.08. The van der Waals surface area contributed by atoms with Gasteiger partial charge >= 0.3 is 0 Å². The number of halogens is 5. The van der Waals surface area contributed by atoms with Crippen LogP contribution in [0, 0.1) is 5.41 Å². The number of aryl methyl sites for hydroxylation is 1. The average Bonchev–Trinajstić information content (AvgIpc) is 3.62. The van der Waals surface area contributed by atoms with Gasteiger partial charge in [-0.2, -0.15) is 0 Å². The van der Waals surface area contributed by atoms with E-state index in [1.807, 2.05) is 45.7 Å². The Morgan fingerprint density at radius 3 is 2.04 bits per heavy atom. The summed E-state index contributed by atoms with van der Waals surface area (Å²) in [6, 6.07) is 12.7. The van der Waals surface area contributed by atoms with Crippen molar-refractivity contribution < 1.29 is 9.59 Å². The van der Waals surface area contributed by atoms with Gasteiger partial charge in [0.1, 0.15) is 0 Å². The van der Waals surface area contributed by atoms with Crippen molar-refractivity contribution in [2.45, 2.75) is 6.42 Å². The summed E-state index contributed by atoms with van der Waals surface area (Å²) < 4.78 is 1.86. The molecule has 0 bridgehead atoms. The molecule has 16 heteroatoms. The predicted molar refractivity (Wildman–Crippen MR) is 198 cm³/mol. The lowest BCUT2D eigenvalue weighted by atomic mass is 10.1. The standard InChI is InChI=1S/C31H37Cl4N9O2.ClH/c1-42-19-22(17-27(42)29-40-25-3-2-20(16-26(25)41-29)30(45)38-9-4-28(36)37)39-31(46)21-14-23(43(10-5-32)11-6-33)18-24(15-21)44(12-7-34)13-8-35;/h2-3,14-19H,4-13H2,1H3,(H3,36,37)(H,38,45)(H,39,46)(H,40,41);1H. The first-order valence-corrected chi connectivity index (χ1v) is 16.8. The number of aromatic amines is 1. The van der Waals surface area contributed by atoms with Crippen LogP contribution in [0.1, 0.15) is 27.1 Å². The number of nitrogens with zero attached hydrogens (tertiary/aromatic N) is 4. The largest absolute Gasteiger partial charge is 0.388 e. The lowest BCUT2D eigenvalue weighted by Crippen LogP contribution is -2.30. The smallest absolute Gasteiger partial charge is 0.255 e. The first-order valence-electron chi connectivity index (χ1n) is 14.6. The fraction of sp³-hybridized carbons (Fsp3) is 0.355. The van der Waals surface area contributed by atoms with Crippen molar-refractivity contribution in [3.63, 3.8) is 0 Å². The third kappa shape index (κ3) is 10.1. The fourth-order valence-electron chi connectivity index (χ4n) is 4.99. The summed E-state index contributed by atoms with van der Waals surface area (Å²) in [6.45, 7) is 2.54. The number of H-pyrrole nitrogens is 1. The zero-order valence-corrected chi connectivity index (χ0v) is 29.6. The van der Waals surface area contributed by atoms with Crippen LogP contribution in [-0.2, 0) is 7.05 Å². The molecule has 2 aromatic heterocycles. The first kappa shape index (κ1) is 38.1. The summed E-state index contributed by atoms with van der Waals surface area (Å²) in [5, 5.41) is 13.1. The van der Waals surface area contributed by atoms with E-state index in [2.05, 4.69) is 15.6 Å². The van der Waals surface area contributed by atoms with E-state index in [1.165, 1.54) is 0 Å². The molecular weight excluding hydrogens is 708 g/mol. The second kappa shape index (κ2) is 18.3. The molecule has 2 amide bonds. The van der Waals surface area contributed by atoms with Gasteiger partial charge in [-0.15, -0.1) is 58.8 Å². The number of nitrogens with two attached hydrogens (primary N) is 1. The van der Waals surface area contributed by atoms with Gasteiger partial charge in [0.05, 0.1) is 28.3 Å². The number of hydrogen-bond donors (Lipinski definition) is 5. The van der Waals surface area contributed by atoms with Crippen LogP contribution >= 0.6 is 58.8 Å². The molecular formula is C31H38Cl5N9O2. The number of hydrogen-bond acceptors (Lipinski definition) is 6. The molecule has 2 aromatic carbocycles. The number of anilines is 3. The Balaban J connectivity index is 0.00000600. The third-order valence-corrected chi connectivity index (χ3v) is 7.92. The van der Waals surface area contributed by atoms with Crippen molar-refractivity contribution in [2.75, 3.05) is 71.4 Å². The van der Waals surface area contributed by atoms with E-state index in [0.717, 1.165) is 22.6 Å². The maximum atomic E-state index is 13.7. The van der Waals surface area contributed by atoms with E-state index in [0.29, 0.717) is 77.9 Å². The monoisotopic (exact) mass is 743 g/mol. The molecule has 0 atom stereocenters. The number of imidazole rings is 1. The van der Waals surface area contributed by atoms with Crippen LogP contribution in [0.3, 0.4) is 0 Å². The molecule has 0 fully saturated rings. The van der Waals surface area contributed by atoms with E-state index in [-0.39, 0.29) is 43.0 Å². The number of alkyl halides is 4. The molecule has 254 valence electrons. The summed E-state index contributed by atoms with van der Waals surface area (Å²) in [5.41, 5.74) is 10.6. The van der Waals surface area contributed by atoms with Crippen LogP contribution in [0.25, 0.3) is 22.6 Å². The number of rotatable bonds is 17. The number of benzene rings is 2. The topological polar surface area (TPSA) is 148 Å². The molecule has 11 nitrogen and oxygen atoms in total. The van der Waals surface area contributed by atoms with Gasteiger partial charge in [0.25, 0.3) is 11.8 Å². The van der Waals surface area contributed by atoms with Crippen LogP contribution in [0.2, 0.25) is 0 Å². The second-order valence-corrected chi connectivity index (χ2v) is 12.0. The minimum atomic E-state index is -0.293. The van der Waals surface area contributed by atoms with Crippen LogP contribution in [0.5, 0.6) is 0 Å². The van der Waals surface area contributed by atoms with Crippen LogP contribution in [0.4, 0.5) is 17.1 Å². The molecule has 2 heterocycles. The molecule has 0 unspecified atom stereocenters. The number of amidine groups is 1. The highest BCUT2D eigenvalue weighted by molar-refractivity contribution is 6.19. The Hall–Kier alpha value is -3.35. The summed E-state index contributed by atoms with van der Waals surface area (Å²) in [4.78, 5) is 38.3. The van der Waals surface area contributed by atoms with Crippen molar-refractivity contribution in [1.82, 2.24) is 19.9 Å². The lowest BCUT2D eigenvalue weighted by molar-refractivity contribution is 0.0954. The zero-order valence-electron chi connectivity index (χ0n) is 25.8. The molecule has 0 saturated carbocycles. The number of nitrogens with one attached hydrogen (secondary N) is 4. The zero-order chi connectivity index (χ0) is 33.2. The molecule has 4 aromatic rings. The Morgan fingerprint density at radius 2 is 1.49 bits per heavy atom. The number of fused-ring (bicyclic) bond motifs is 1. The van der Waals surface area contributed by atoms with Gasteiger partial charge in [-0.1, -0.05) is 0 Å². The highest BCUT2D eigenvalue weighted by Gasteiger charge is 2.18. The molecule has 47 heavy (non-hydrogen) atoms. The molecule has 6 N–H and O–H groups in total. The van der Waals surface area contributed by atoms with Gasteiger partial charge in [-0.05, 0) is 42.5 Å². The maximum absolute atomic E-state index is 13.7. The predicted octanol–water partition coefficient (Wildman–Crippen LogP) is 5.87. The molecule has 4 rings (SSSR count). The quantitative estimate of drug-likeness (QED) is 0.0520. The summed E-state index contributed by atoms with van der Waals surface area (Å²) >= 11 is 24.4. The van der Waals surface area contributed by atoms with Gasteiger partial charge in [-0.3, -0.25) is 15.0 Å². The van der Waals surface area contributed by atoms with E-state index in [9.17, 15) is 9.59 Å². The van der Waals surface area contributed by atoms with E-state index in [1.54, 1.807) is 24.4 Å². The van der Waals surface area contributed by atoms with Gasteiger partial charge in [0.2, 0.25) is 0 Å². The first-order chi connectivity index (χ1) is 22.2. The number of carbonyl (C=O) groups excluding carboxylic acids is 2. The Labute approximate surface area is 300 Å². The molecule has 0 aliphatic heterocycles. The van der Waals surface area contributed by atoms with Crippen LogP contribution in [-0.4, -0.2) is 88.4 Å². The average molecular weight is 746 g/mol. The van der Waals surface area contributed by atoms with Crippen molar-refractivity contribution in [3.8, 4) is 11.5 Å². The van der Waals surface area contributed by atoms with Crippen LogP contribution in [0.15, 0.2) is 48.7 Å². The number of carbonyl (C=O) groups is 2. The maximum Gasteiger partial charge on any atom is 0.255 e. The lowest BCUT2D eigenvalue weighted by Gasteiger charge is -2.28. The van der Waals surface area contributed by atoms with Gasteiger partial charge in [0.15, 0.2) is 5.82 Å². The minimum absolute atomic E-state index is 0. The minimum Gasteiger partial charge on any atom is -0.388 e. The molecule has 0 saturated heterocycles. The van der Waals surface area contributed by atoms with Gasteiger partial charge < -0.3 is 35.7 Å². The molecule has 0 aliphatic rings. The van der Waals surface area contributed by atoms with E-state index in [4.69, 9.17) is 62.5 Å². The van der Waals surface area contributed by atoms with Crippen molar-refractivity contribution in [3.05, 3.63) is 59.8 Å². The van der Waals surface area contributed by atoms with Crippen molar-refractivity contribution >= 4 is 105 Å². The second-order valence-electron chi connectivity index (χ2n) is 10.5. The fourth-order valence-corrected chi connectivity index (χ4v) is 5.81. The summed E-state index contributed by atoms with van der Waals surface area (Å²) in [5.74, 6) is 1.63. The number of amides is 2. The summed E-state index contributed by atoms with van der Waals surface area (Å²) in [7, 11) is 1.86. The third-order valence-electron chi connectivity index (χ3n) is 7.24. The van der Waals surface area contributed by atoms with Gasteiger partial charge in [0, 0.05) is 98.4 Å². The van der Waals surface area contributed by atoms with Gasteiger partial charge in [-0.25, -0.2) is 4.98 Å². The SMILES string of the molecule is Cl.Cn1cc(NC(=O)c2cc(N(CCCl)CCCl)cc(N(CCCl)CCCl)c2)cc1-c1nc2cc(C(=O)NCCC(=N)N)ccc2[nH]1. The highest BCUT2D eigenvalue weighted by atomic mass is 35.5.